The molecule has 0 saturated carbocycles. The molecule has 3 heterocycles. The number of rotatable bonds is 3. The zero-order valence-corrected chi connectivity index (χ0v) is 37.6. The van der Waals surface area contributed by atoms with E-state index < -0.39 is 147 Å². The highest BCUT2D eigenvalue weighted by atomic mass is 16.7. The van der Waals surface area contributed by atoms with Gasteiger partial charge in [-0.1, -0.05) is 98.9 Å². The molecule has 13 N–H and O–H groups in total. The third-order valence-electron chi connectivity index (χ3n) is 11.9. The quantitative estimate of drug-likeness (QED) is 0.174. The predicted octanol–water partition coefficient (Wildman–Crippen LogP) is 0.712. The molecule has 0 aromatic heterocycles. The van der Waals surface area contributed by atoms with E-state index >= 15 is 0 Å². The average Bonchev–Trinajstić information content (AvgIpc) is 3.19. The van der Waals surface area contributed by atoms with Crippen molar-refractivity contribution < 1.29 is 84.7 Å². The van der Waals surface area contributed by atoms with Crippen LogP contribution in [0.25, 0.3) is 0 Å². The lowest BCUT2D eigenvalue weighted by Gasteiger charge is -2.45. The van der Waals surface area contributed by atoms with Crippen LogP contribution in [-0.2, 0) is 28.5 Å². The molecule has 0 amide bonds. The van der Waals surface area contributed by atoms with Gasteiger partial charge in [-0.3, -0.25) is 9.59 Å². The van der Waals surface area contributed by atoms with Crippen LogP contribution in [-0.4, -0.2) is 166 Å². The Bertz CT molecular complexity index is 1670. The summed E-state index contributed by atoms with van der Waals surface area (Å²) in [6.45, 7) is 6.73. The standard InChI is InChI=1S/C47H73NO17/c1-27-17-15-13-11-9-7-5-6-8-10-12-14-16-18-36(64-46-44(58)41(48)43(57)30(4)63-46)24-38-40(45(59)60)37(54)26-47(61,65-38)25-35(53)22-33(51)20-31(49)19-32(50)21-34(52)23-39(55)62-29(3)28(2)42(27)56/h5-18,27-38,40-44,46,49-54,56-58,61H,19-26,48H2,1-4H3,(H,59,60)/b6-5+,9-7+,10-8+,13-11+,14-12+,17-15+,18-16+/t27-,28-,29-,30?,31-,32+,33?,34+,35-,36-,37-,38?,40+,41?,42+,43?,44?,46?,47+/m0/s1. The van der Waals surface area contributed by atoms with E-state index in [0.717, 1.165) is 0 Å². The molecular formula is C47H73NO17. The van der Waals surface area contributed by atoms with Crippen molar-refractivity contribution in [2.24, 2.45) is 23.5 Å². The van der Waals surface area contributed by atoms with Gasteiger partial charge in [-0.25, -0.2) is 0 Å². The number of carbonyl (C=O) groups is 2. The Morgan fingerprint density at radius 1 is 0.646 bits per heavy atom. The maximum atomic E-state index is 12.6. The highest BCUT2D eigenvalue weighted by Crippen LogP contribution is 2.38. The Hall–Kier alpha value is -3.44. The zero-order valence-electron chi connectivity index (χ0n) is 37.6. The van der Waals surface area contributed by atoms with E-state index in [1.807, 2.05) is 19.1 Å². The van der Waals surface area contributed by atoms with E-state index in [9.17, 15) is 65.8 Å². The number of fused-ring (bicyclic) bond motifs is 2. The van der Waals surface area contributed by atoms with E-state index in [4.69, 9.17) is 24.7 Å². The van der Waals surface area contributed by atoms with E-state index in [1.165, 1.54) is 13.0 Å². The van der Waals surface area contributed by atoms with Gasteiger partial charge in [0.15, 0.2) is 12.1 Å². The monoisotopic (exact) mass is 923 g/mol. The second kappa shape index (κ2) is 27.4. The summed E-state index contributed by atoms with van der Waals surface area (Å²) in [4.78, 5) is 25.1. The minimum absolute atomic E-state index is 0.285. The highest BCUT2D eigenvalue weighted by Gasteiger charge is 2.51. The number of carboxylic acids is 1. The number of hydrogen-bond acceptors (Lipinski definition) is 17. The van der Waals surface area contributed by atoms with Crippen LogP contribution in [0.2, 0.25) is 0 Å². The summed E-state index contributed by atoms with van der Waals surface area (Å²) in [7, 11) is 0. The minimum atomic E-state index is -2.30. The fourth-order valence-corrected chi connectivity index (χ4v) is 8.09. The molecule has 368 valence electrons. The number of nitrogens with two attached hydrogens (primary N) is 1. The number of cyclic esters (lactones) is 1. The van der Waals surface area contributed by atoms with Crippen LogP contribution in [0.4, 0.5) is 0 Å². The van der Waals surface area contributed by atoms with Crippen molar-refractivity contribution in [2.45, 2.75) is 177 Å². The second-order valence-corrected chi connectivity index (χ2v) is 17.6. The van der Waals surface area contributed by atoms with Gasteiger partial charge in [-0.05, 0) is 39.5 Å². The van der Waals surface area contributed by atoms with Crippen molar-refractivity contribution >= 4 is 11.9 Å². The minimum Gasteiger partial charge on any atom is -0.481 e. The van der Waals surface area contributed by atoms with Crippen LogP contribution >= 0.6 is 0 Å². The van der Waals surface area contributed by atoms with Gasteiger partial charge >= 0.3 is 11.9 Å². The van der Waals surface area contributed by atoms with Crippen molar-refractivity contribution in [1.82, 2.24) is 0 Å². The Kier molecular flexibility index (Phi) is 23.6. The van der Waals surface area contributed by atoms with Gasteiger partial charge < -0.3 is 80.9 Å². The summed E-state index contributed by atoms with van der Waals surface area (Å²) in [5.41, 5.74) is 6.02. The van der Waals surface area contributed by atoms with Gasteiger partial charge in [0, 0.05) is 31.1 Å². The van der Waals surface area contributed by atoms with Crippen LogP contribution in [0.15, 0.2) is 85.1 Å². The largest absolute Gasteiger partial charge is 0.481 e. The first kappa shape index (κ1) is 55.9. The summed E-state index contributed by atoms with van der Waals surface area (Å²) >= 11 is 0. The molecule has 2 saturated heterocycles. The summed E-state index contributed by atoms with van der Waals surface area (Å²) in [5.74, 6) is -6.82. The molecule has 0 aromatic carbocycles. The third-order valence-corrected chi connectivity index (χ3v) is 11.9. The summed E-state index contributed by atoms with van der Waals surface area (Å²) in [6.07, 6.45) is 3.51. The van der Waals surface area contributed by atoms with Gasteiger partial charge in [-0.15, -0.1) is 0 Å². The molecule has 18 nitrogen and oxygen atoms in total. The van der Waals surface area contributed by atoms with Crippen LogP contribution < -0.4 is 5.73 Å². The van der Waals surface area contributed by atoms with E-state index in [-0.39, 0.29) is 31.6 Å². The van der Waals surface area contributed by atoms with Crippen molar-refractivity contribution in [1.29, 1.82) is 0 Å². The maximum Gasteiger partial charge on any atom is 0.311 e. The van der Waals surface area contributed by atoms with Gasteiger partial charge in [0.25, 0.3) is 0 Å². The van der Waals surface area contributed by atoms with Gasteiger partial charge in [0.05, 0.1) is 79.6 Å². The SMILES string of the molecule is CC1OC(O[C@H]2/C=C/C=C/C=C/C=C/C=C/C=C/C=C/[C@H](C)[C@@H](O)[C@@H](C)[C@H](C)OC(=O)C[C@H](O)C[C@H](O)C[C@H](O)CC(O)C[C@H](O)C[C@]3(O)C[C@H](O)[C@@H](C(=O)O)C(C2)O3)C(O)C(N)C1O. The molecule has 3 rings (SSSR count). The Morgan fingerprint density at radius 3 is 1.68 bits per heavy atom. The van der Waals surface area contributed by atoms with Gasteiger partial charge in [0.1, 0.15) is 18.1 Å². The Labute approximate surface area is 381 Å². The molecule has 0 aliphatic carbocycles. The number of ether oxygens (including phenoxy) is 4. The number of esters is 1. The molecule has 0 radical (unpaired) electrons. The molecule has 3 aliphatic heterocycles. The summed E-state index contributed by atoms with van der Waals surface area (Å²) in [6, 6.07) is -1.15. The lowest BCUT2D eigenvalue weighted by Crippen LogP contribution is -2.61. The van der Waals surface area contributed by atoms with E-state index in [0.29, 0.717) is 0 Å². The normalized spacial score (nSPS) is 45.5. The number of hydrogen-bond donors (Lipinski definition) is 12. The van der Waals surface area contributed by atoms with Crippen LogP contribution in [0.3, 0.4) is 0 Å². The zero-order chi connectivity index (χ0) is 48.4. The average molecular weight is 924 g/mol. The molecule has 65 heavy (non-hydrogen) atoms. The van der Waals surface area contributed by atoms with Gasteiger partial charge in [0.2, 0.25) is 0 Å². The highest BCUT2D eigenvalue weighted by molar-refractivity contribution is 5.71. The maximum absolute atomic E-state index is 12.6. The van der Waals surface area contributed by atoms with Crippen LogP contribution in [0.1, 0.15) is 79.1 Å². The lowest BCUT2D eigenvalue weighted by molar-refractivity contribution is -0.308. The molecule has 7 unspecified atom stereocenters. The number of aliphatic hydroxyl groups is 10. The van der Waals surface area contributed by atoms with Gasteiger partial charge in [-0.2, -0.15) is 0 Å². The fourth-order valence-electron chi connectivity index (χ4n) is 8.09. The topological polar surface area (TPSA) is 320 Å². The molecule has 18 heteroatoms. The van der Waals surface area contributed by atoms with E-state index in [2.05, 4.69) is 0 Å². The van der Waals surface area contributed by atoms with Crippen molar-refractivity contribution in [3.8, 4) is 0 Å². The van der Waals surface area contributed by atoms with Crippen LogP contribution in [0, 0.1) is 17.8 Å². The van der Waals surface area contributed by atoms with E-state index in [1.54, 1.807) is 80.7 Å². The predicted molar refractivity (Wildman–Crippen MR) is 237 cm³/mol. The molecule has 0 spiro atoms. The Morgan fingerprint density at radius 2 is 1.14 bits per heavy atom. The summed E-state index contributed by atoms with van der Waals surface area (Å²) < 4.78 is 23.1. The lowest BCUT2D eigenvalue weighted by atomic mass is 9.82. The smallest absolute Gasteiger partial charge is 0.311 e. The molecular weight excluding hydrogens is 851 g/mol. The first-order chi connectivity index (χ1) is 30.6. The first-order valence-electron chi connectivity index (χ1n) is 22.3. The third kappa shape index (κ3) is 19.0. The van der Waals surface area contributed by atoms with Crippen LogP contribution in [0.5, 0.6) is 0 Å². The fraction of sp³-hybridized carbons (Fsp3) is 0.660. The Balaban J connectivity index is 1.86. The molecule has 19 atom stereocenters. The second-order valence-electron chi connectivity index (χ2n) is 17.6. The number of allylic oxidation sites excluding steroid dienone is 12. The number of aliphatic hydroxyl groups excluding tert-OH is 9. The molecule has 2 fully saturated rings. The number of aliphatic carboxylic acids is 1. The van der Waals surface area contributed by atoms with Crippen molar-refractivity contribution in [3.63, 3.8) is 0 Å². The molecule has 3 aliphatic rings. The number of carboxylic acid groups (broad SMARTS) is 1. The molecule has 0 aromatic rings. The van der Waals surface area contributed by atoms with Crippen molar-refractivity contribution in [2.75, 3.05) is 0 Å². The van der Waals surface area contributed by atoms with Crippen molar-refractivity contribution in [3.05, 3.63) is 85.1 Å². The molecule has 2 bridgehead atoms. The number of carbonyl (C=O) groups excluding carboxylic acids is 1. The first-order valence-corrected chi connectivity index (χ1v) is 22.3. The summed E-state index contributed by atoms with van der Waals surface area (Å²) in [5, 5.41) is 118.